The Balaban J connectivity index is 2.26. The van der Waals surface area contributed by atoms with Crippen LogP contribution in [0.3, 0.4) is 0 Å². The average Bonchev–Trinajstić information content (AvgIpc) is 2.23. The van der Waals surface area contributed by atoms with Crippen molar-refractivity contribution in [3.63, 3.8) is 0 Å². The Morgan fingerprint density at radius 2 is 1.53 bits per heavy atom. The summed E-state index contributed by atoms with van der Waals surface area (Å²) in [6.07, 6.45) is 4.13. The predicted octanol–water partition coefficient (Wildman–Crippen LogP) is 4.52. The molecule has 0 nitrogen and oxygen atoms in total. The molecule has 0 amide bonds. The van der Waals surface area contributed by atoms with Crippen molar-refractivity contribution in [3.8, 4) is 0 Å². The molecule has 0 spiro atoms. The second kappa shape index (κ2) is 3.96. The van der Waals surface area contributed by atoms with Crippen molar-refractivity contribution >= 4 is 0 Å². The van der Waals surface area contributed by atoms with E-state index in [-0.39, 0.29) is 0 Å². The lowest BCUT2D eigenvalue weighted by Gasteiger charge is -2.51. The van der Waals surface area contributed by atoms with E-state index in [4.69, 9.17) is 0 Å². The van der Waals surface area contributed by atoms with E-state index in [2.05, 4.69) is 34.3 Å². The quantitative estimate of drug-likeness (QED) is 0.511. The van der Waals surface area contributed by atoms with E-state index in [1.54, 1.807) is 5.57 Å². The molecular formula is C15H26. The van der Waals surface area contributed by atoms with Crippen LogP contribution in [-0.2, 0) is 0 Å². The highest BCUT2D eigenvalue weighted by Gasteiger charge is 2.44. The maximum atomic E-state index is 4.34. The number of fused-ring (bicyclic) bond motifs is 1. The first-order valence-corrected chi connectivity index (χ1v) is 6.71. The summed E-state index contributed by atoms with van der Waals surface area (Å²) >= 11 is 0. The second-order valence-corrected chi connectivity index (χ2v) is 6.18. The van der Waals surface area contributed by atoms with Crippen molar-refractivity contribution in [3.05, 3.63) is 12.2 Å². The van der Waals surface area contributed by atoms with E-state index in [1.807, 2.05) is 0 Å². The molecule has 0 heterocycles. The first-order chi connectivity index (χ1) is 7.04. The normalized spacial score (nSPS) is 51.3. The van der Waals surface area contributed by atoms with Crippen molar-refractivity contribution < 1.29 is 0 Å². The van der Waals surface area contributed by atoms with Gasteiger partial charge < -0.3 is 0 Å². The van der Waals surface area contributed by atoms with Crippen LogP contribution in [0.2, 0.25) is 0 Å². The Labute approximate surface area is 95.1 Å². The van der Waals surface area contributed by atoms with Gasteiger partial charge in [-0.2, -0.15) is 0 Å². The smallest absolute Gasteiger partial charge is 0.0147 e. The van der Waals surface area contributed by atoms with Gasteiger partial charge in [-0.25, -0.2) is 0 Å². The molecule has 0 heteroatoms. The third kappa shape index (κ3) is 1.66. The summed E-state index contributed by atoms with van der Waals surface area (Å²) < 4.78 is 0. The lowest BCUT2D eigenvalue weighted by atomic mass is 9.54. The van der Waals surface area contributed by atoms with Gasteiger partial charge in [0.2, 0.25) is 0 Å². The highest BCUT2D eigenvalue weighted by molar-refractivity contribution is 5.11. The minimum absolute atomic E-state index is 0.833. The van der Waals surface area contributed by atoms with Crippen molar-refractivity contribution in [2.75, 3.05) is 0 Å². The van der Waals surface area contributed by atoms with Gasteiger partial charge in [0.05, 0.1) is 0 Å². The van der Waals surface area contributed by atoms with Crippen LogP contribution in [0.15, 0.2) is 12.2 Å². The zero-order valence-electron chi connectivity index (χ0n) is 10.8. The third-order valence-corrected chi connectivity index (χ3v) is 5.70. The van der Waals surface area contributed by atoms with E-state index in [0.29, 0.717) is 0 Å². The fourth-order valence-electron chi connectivity index (χ4n) is 4.24. The van der Waals surface area contributed by atoms with Crippen LogP contribution < -0.4 is 0 Å². The number of allylic oxidation sites excluding steroid dienone is 1. The molecular weight excluding hydrogens is 180 g/mol. The van der Waals surface area contributed by atoms with E-state index >= 15 is 0 Å². The van der Waals surface area contributed by atoms with Crippen LogP contribution in [0.4, 0.5) is 0 Å². The lowest BCUT2D eigenvalue weighted by Crippen LogP contribution is -2.44. The van der Waals surface area contributed by atoms with Crippen LogP contribution in [0.1, 0.15) is 47.0 Å². The standard InChI is InChI=1S/C15H26/c1-9-7-6-8-14-12(4)10(2)11(3)13(5)15(9)14/h10-15H,1,6-8H2,2-5H3. The maximum Gasteiger partial charge on any atom is -0.0147 e. The van der Waals surface area contributed by atoms with Crippen molar-refractivity contribution in [2.45, 2.75) is 47.0 Å². The summed E-state index contributed by atoms with van der Waals surface area (Å²) in [5.41, 5.74) is 1.56. The molecule has 6 unspecified atom stereocenters. The fourth-order valence-corrected chi connectivity index (χ4v) is 4.24. The molecule has 0 radical (unpaired) electrons. The van der Waals surface area contributed by atoms with Crippen LogP contribution in [0.25, 0.3) is 0 Å². The van der Waals surface area contributed by atoms with Crippen LogP contribution in [-0.4, -0.2) is 0 Å². The molecule has 0 aromatic carbocycles. The molecule has 0 aromatic heterocycles. The first kappa shape index (κ1) is 11.2. The third-order valence-electron chi connectivity index (χ3n) is 5.70. The molecule has 2 rings (SSSR count). The van der Waals surface area contributed by atoms with Gasteiger partial charge >= 0.3 is 0 Å². The van der Waals surface area contributed by atoms with Crippen LogP contribution in [0.5, 0.6) is 0 Å². The van der Waals surface area contributed by atoms with Crippen molar-refractivity contribution in [1.29, 1.82) is 0 Å². The van der Waals surface area contributed by atoms with E-state index in [1.165, 1.54) is 19.3 Å². The highest BCUT2D eigenvalue weighted by atomic mass is 14.5. The van der Waals surface area contributed by atoms with E-state index < -0.39 is 0 Å². The topological polar surface area (TPSA) is 0 Å². The van der Waals surface area contributed by atoms with Gasteiger partial charge in [0, 0.05) is 0 Å². The molecule has 6 atom stereocenters. The summed E-state index contributed by atoms with van der Waals surface area (Å²) in [7, 11) is 0. The van der Waals surface area contributed by atoms with Gasteiger partial charge in [-0.1, -0.05) is 39.8 Å². The molecule has 2 aliphatic rings. The van der Waals surface area contributed by atoms with E-state index in [0.717, 1.165) is 35.5 Å². The van der Waals surface area contributed by atoms with Gasteiger partial charge in [-0.3, -0.25) is 0 Å². The molecule has 0 saturated heterocycles. The minimum Gasteiger partial charge on any atom is -0.0996 e. The molecule has 2 aliphatic carbocycles. The maximum absolute atomic E-state index is 4.34. The Bertz CT molecular complexity index is 253. The van der Waals surface area contributed by atoms with Crippen LogP contribution >= 0.6 is 0 Å². The Kier molecular flexibility index (Phi) is 2.96. The Morgan fingerprint density at radius 1 is 0.933 bits per heavy atom. The zero-order valence-corrected chi connectivity index (χ0v) is 10.8. The molecule has 2 fully saturated rings. The number of rotatable bonds is 0. The average molecular weight is 206 g/mol. The molecule has 86 valence electrons. The fraction of sp³-hybridized carbons (Fsp3) is 0.867. The monoisotopic (exact) mass is 206 g/mol. The predicted molar refractivity (Wildman–Crippen MR) is 66.6 cm³/mol. The number of hydrogen-bond donors (Lipinski definition) is 0. The second-order valence-electron chi connectivity index (χ2n) is 6.18. The minimum atomic E-state index is 0.833. The summed E-state index contributed by atoms with van der Waals surface area (Å²) in [5.74, 6) is 5.29. The summed E-state index contributed by atoms with van der Waals surface area (Å²) in [4.78, 5) is 0. The van der Waals surface area contributed by atoms with Crippen LogP contribution in [0, 0.1) is 35.5 Å². The molecule has 0 aromatic rings. The van der Waals surface area contributed by atoms with Crippen molar-refractivity contribution in [1.82, 2.24) is 0 Å². The molecule has 15 heavy (non-hydrogen) atoms. The Hall–Kier alpha value is -0.260. The zero-order chi connectivity index (χ0) is 11.2. The van der Waals surface area contributed by atoms with Gasteiger partial charge in [0.1, 0.15) is 0 Å². The highest BCUT2D eigenvalue weighted by Crippen LogP contribution is 2.52. The summed E-state index contributed by atoms with van der Waals surface area (Å²) in [6.45, 7) is 14.2. The van der Waals surface area contributed by atoms with Crippen molar-refractivity contribution in [2.24, 2.45) is 35.5 Å². The molecule has 0 bridgehead atoms. The largest absolute Gasteiger partial charge is 0.0996 e. The lowest BCUT2D eigenvalue weighted by molar-refractivity contribution is 0.0128. The summed E-state index contributed by atoms with van der Waals surface area (Å²) in [6, 6.07) is 0. The van der Waals surface area contributed by atoms with Gasteiger partial charge in [0.15, 0.2) is 0 Å². The number of hydrogen-bond acceptors (Lipinski definition) is 0. The SMILES string of the molecule is C=C1CCCC2C(C)C(C)C(C)C(C)C12. The first-order valence-electron chi connectivity index (χ1n) is 6.71. The summed E-state index contributed by atoms with van der Waals surface area (Å²) in [5, 5.41) is 0. The molecule has 0 N–H and O–H groups in total. The van der Waals surface area contributed by atoms with Gasteiger partial charge in [0.25, 0.3) is 0 Å². The molecule has 2 saturated carbocycles. The Morgan fingerprint density at radius 3 is 2.20 bits per heavy atom. The van der Waals surface area contributed by atoms with Gasteiger partial charge in [-0.05, 0) is 54.8 Å². The van der Waals surface area contributed by atoms with E-state index in [9.17, 15) is 0 Å². The van der Waals surface area contributed by atoms with Gasteiger partial charge in [-0.15, -0.1) is 0 Å². The molecule has 0 aliphatic heterocycles.